The van der Waals surface area contributed by atoms with Crippen molar-refractivity contribution in [1.82, 2.24) is 25.5 Å². The third-order valence-electron chi connectivity index (χ3n) is 2.85. The summed E-state index contributed by atoms with van der Waals surface area (Å²) in [7, 11) is 3.57. The van der Waals surface area contributed by atoms with Crippen LogP contribution in [0.5, 0.6) is 5.75 Å². The minimum Gasteiger partial charge on any atom is -0.497 e. The minimum atomic E-state index is 0.742. The summed E-state index contributed by atoms with van der Waals surface area (Å²) in [6, 6.07) is 8.05. The molecule has 6 nitrogen and oxygen atoms in total. The normalized spacial score (nSPS) is 10.6. The number of hydrogen-bond acceptors (Lipinski definition) is 5. The van der Waals surface area contributed by atoms with E-state index in [1.165, 1.54) is 5.56 Å². The van der Waals surface area contributed by atoms with E-state index >= 15 is 0 Å². The Morgan fingerprint density at radius 3 is 2.68 bits per heavy atom. The molecule has 0 radical (unpaired) electrons. The Labute approximate surface area is 112 Å². The summed E-state index contributed by atoms with van der Waals surface area (Å²) in [5, 5.41) is 15.4. The lowest BCUT2D eigenvalue weighted by Gasteiger charge is -2.01. The highest BCUT2D eigenvalue weighted by Gasteiger charge is 2.03. The molecule has 0 amide bonds. The van der Waals surface area contributed by atoms with E-state index < -0.39 is 0 Å². The Morgan fingerprint density at radius 2 is 2.00 bits per heavy atom. The van der Waals surface area contributed by atoms with Crippen molar-refractivity contribution in [2.24, 2.45) is 0 Å². The highest BCUT2D eigenvalue weighted by molar-refractivity contribution is 5.27. The summed E-state index contributed by atoms with van der Waals surface area (Å²) in [6.07, 6.45) is 1.70. The van der Waals surface area contributed by atoms with Gasteiger partial charge in [-0.1, -0.05) is 12.1 Å². The van der Waals surface area contributed by atoms with Crippen molar-refractivity contribution < 1.29 is 4.74 Å². The Bertz CT molecular complexity index is 494. The van der Waals surface area contributed by atoms with E-state index in [1.54, 1.807) is 11.9 Å². The number of hydrogen-bond donors (Lipinski definition) is 1. The molecule has 0 saturated carbocycles. The zero-order valence-corrected chi connectivity index (χ0v) is 11.3. The van der Waals surface area contributed by atoms with Gasteiger partial charge < -0.3 is 10.1 Å². The van der Waals surface area contributed by atoms with Crippen molar-refractivity contribution in [3.05, 3.63) is 35.7 Å². The largest absolute Gasteiger partial charge is 0.497 e. The molecule has 2 aromatic rings. The first-order valence-electron chi connectivity index (χ1n) is 6.36. The van der Waals surface area contributed by atoms with Crippen LogP contribution in [0, 0.1) is 0 Å². The molecule has 1 heterocycles. The first-order valence-corrected chi connectivity index (χ1v) is 6.36. The highest BCUT2D eigenvalue weighted by atomic mass is 16.5. The number of ether oxygens (including phenoxy) is 1. The molecule has 0 saturated heterocycles. The molecule has 1 aromatic carbocycles. The number of methoxy groups -OCH3 is 1. The monoisotopic (exact) mass is 261 g/mol. The molecule has 102 valence electrons. The van der Waals surface area contributed by atoms with Crippen molar-refractivity contribution >= 4 is 0 Å². The molecule has 6 heteroatoms. The number of aryl methyl sites for hydroxylation is 2. The van der Waals surface area contributed by atoms with Gasteiger partial charge in [0.15, 0.2) is 5.82 Å². The second-order valence-corrected chi connectivity index (χ2v) is 4.25. The van der Waals surface area contributed by atoms with E-state index in [0.717, 1.165) is 37.5 Å². The molecule has 0 fully saturated rings. The topological polar surface area (TPSA) is 64.9 Å². The van der Waals surface area contributed by atoms with Crippen molar-refractivity contribution in [2.45, 2.75) is 19.4 Å². The molecule has 1 N–H and O–H groups in total. The maximum absolute atomic E-state index is 5.13. The second-order valence-electron chi connectivity index (χ2n) is 4.25. The Kier molecular flexibility index (Phi) is 4.85. The lowest BCUT2D eigenvalue weighted by atomic mass is 10.1. The van der Waals surface area contributed by atoms with Crippen LogP contribution in [0.4, 0.5) is 0 Å². The predicted molar refractivity (Wildman–Crippen MR) is 72.1 cm³/mol. The number of aromatic nitrogens is 4. The number of likely N-dealkylation sites (N-methyl/N-ethyl adjacent to an activating group) is 1. The quantitative estimate of drug-likeness (QED) is 0.794. The average Bonchev–Trinajstić information content (AvgIpc) is 2.91. The fourth-order valence-corrected chi connectivity index (χ4v) is 1.73. The van der Waals surface area contributed by atoms with E-state index in [1.807, 2.05) is 19.2 Å². The van der Waals surface area contributed by atoms with Gasteiger partial charge in [-0.3, -0.25) is 0 Å². The van der Waals surface area contributed by atoms with Gasteiger partial charge in [0.05, 0.1) is 13.7 Å². The highest BCUT2D eigenvalue weighted by Crippen LogP contribution is 2.12. The van der Waals surface area contributed by atoms with Crippen LogP contribution in [0.25, 0.3) is 0 Å². The van der Waals surface area contributed by atoms with E-state index in [9.17, 15) is 0 Å². The zero-order chi connectivity index (χ0) is 13.5. The molecule has 0 spiro atoms. The fourth-order valence-electron chi connectivity index (χ4n) is 1.73. The van der Waals surface area contributed by atoms with Crippen LogP contribution >= 0.6 is 0 Å². The van der Waals surface area contributed by atoms with Crippen LogP contribution < -0.4 is 10.1 Å². The summed E-state index contributed by atoms with van der Waals surface area (Å²) in [5.74, 6) is 1.66. The number of benzene rings is 1. The summed E-state index contributed by atoms with van der Waals surface area (Å²) >= 11 is 0. The first-order chi connectivity index (χ1) is 9.31. The van der Waals surface area contributed by atoms with Crippen LogP contribution in [0.2, 0.25) is 0 Å². The maximum Gasteiger partial charge on any atom is 0.175 e. The van der Waals surface area contributed by atoms with Crippen molar-refractivity contribution in [2.75, 3.05) is 20.7 Å². The summed E-state index contributed by atoms with van der Waals surface area (Å²) in [6.45, 7) is 1.58. The van der Waals surface area contributed by atoms with Gasteiger partial charge in [0.2, 0.25) is 0 Å². The molecule has 0 aliphatic heterocycles. The lowest BCUT2D eigenvalue weighted by Crippen LogP contribution is -2.16. The minimum absolute atomic E-state index is 0.742. The third-order valence-corrected chi connectivity index (χ3v) is 2.85. The second kappa shape index (κ2) is 6.84. The van der Waals surface area contributed by atoms with Gasteiger partial charge in [0.25, 0.3) is 0 Å². The fraction of sp³-hybridized carbons (Fsp3) is 0.462. The molecular formula is C13H19N5O. The summed E-state index contributed by atoms with van der Waals surface area (Å²) < 4.78 is 5.13. The zero-order valence-electron chi connectivity index (χ0n) is 11.3. The van der Waals surface area contributed by atoms with Gasteiger partial charge in [-0.2, -0.15) is 4.80 Å². The van der Waals surface area contributed by atoms with Crippen molar-refractivity contribution in [1.29, 1.82) is 0 Å². The molecule has 1 aromatic heterocycles. The Hall–Kier alpha value is -1.95. The van der Waals surface area contributed by atoms with Crippen LogP contribution in [-0.4, -0.2) is 40.9 Å². The van der Waals surface area contributed by atoms with E-state index in [2.05, 4.69) is 32.9 Å². The van der Waals surface area contributed by atoms with Crippen molar-refractivity contribution in [3.8, 4) is 5.75 Å². The maximum atomic E-state index is 5.13. The Morgan fingerprint density at radius 1 is 1.21 bits per heavy atom. The van der Waals surface area contributed by atoms with Gasteiger partial charge in [0.1, 0.15) is 5.75 Å². The van der Waals surface area contributed by atoms with Crippen LogP contribution in [0.1, 0.15) is 11.4 Å². The Balaban J connectivity index is 1.85. The van der Waals surface area contributed by atoms with Crippen LogP contribution in [-0.2, 0) is 19.4 Å². The summed E-state index contributed by atoms with van der Waals surface area (Å²) in [5.41, 5.74) is 1.24. The molecule has 19 heavy (non-hydrogen) atoms. The van der Waals surface area contributed by atoms with Gasteiger partial charge in [-0.25, -0.2) is 0 Å². The molecule has 0 atom stereocenters. The van der Waals surface area contributed by atoms with Gasteiger partial charge in [0, 0.05) is 13.0 Å². The average molecular weight is 261 g/mol. The third kappa shape index (κ3) is 4.03. The molecular weight excluding hydrogens is 242 g/mol. The van der Waals surface area contributed by atoms with Crippen LogP contribution in [0.3, 0.4) is 0 Å². The molecule has 0 unspecified atom stereocenters. The van der Waals surface area contributed by atoms with Gasteiger partial charge in [-0.05, 0) is 36.4 Å². The first kappa shape index (κ1) is 13.5. The van der Waals surface area contributed by atoms with Crippen LogP contribution in [0.15, 0.2) is 24.3 Å². The summed E-state index contributed by atoms with van der Waals surface area (Å²) in [4.78, 5) is 1.62. The number of nitrogens with one attached hydrogen (secondary N) is 1. The molecule has 0 bridgehead atoms. The predicted octanol–water partition coefficient (Wildman–Crippen LogP) is 0.686. The molecule has 0 aliphatic rings. The number of nitrogens with zero attached hydrogens (tertiary/aromatic N) is 4. The van der Waals surface area contributed by atoms with E-state index in [4.69, 9.17) is 4.74 Å². The van der Waals surface area contributed by atoms with E-state index in [0.29, 0.717) is 0 Å². The van der Waals surface area contributed by atoms with E-state index in [-0.39, 0.29) is 0 Å². The molecule has 2 rings (SSSR count). The number of rotatable bonds is 7. The van der Waals surface area contributed by atoms with Crippen molar-refractivity contribution in [3.63, 3.8) is 0 Å². The molecule has 0 aliphatic carbocycles. The SMILES string of the molecule is CNCCn1nnc(CCc2ccc(OC)cc2)n1. The number of tetrazole rings is 1. The smallest absolute Gasteiger partial charge is 0.175 e. The standard InChI is InChI=1S/C13H19N5O/c1-14-9-10-18-16-13(15-17-18)8-5-11-3-6-12(19-2)7-4-11/h3-4,6-7,14H,5,8-10H2,1-2H3. The van der Waals surface area contributed by atoms with Gasteiger partial charge >= 0.3 is 0 Å². The van der Waals surface area contributed by atoms with Gasteiger partial charge in [-0.15, -0.1) is 10.2 Å². The lowest BCUT2D eigenvalue weighted by molar-refractivity contribution is 0.414.